The number of benzene rings is 2. The van der Waals surface area contributed by atoms with Crippen LogP contribution in [0.2, 0.25) is 0 Å². The molecule has 0 aliphatic carbocycles. The molecule has 1 atom stereocenters. The number of halogens is 3. The van der Waals surface area contributed by atoms with E-state index in [1.165, 1.54) is 12.1 Å². The van der Waals surface area contributed by atoms with Crippen molar-refractivity contribution in [2.45, 2.75) is 32.6 Å². The average molecular weight is 347 g/mol. The molecule has 0 bridgehead atoms. The van der Waals surface area contributed by atoms with Gasteiger partial charge in [0.15, 0.2) is 0 Å². The normalized spacial score (nSPS) is 13.6. The molecule has 3 nitrogen and oxygen atoms in total. The van der Waals surface area contributed by atoms with Crippen LogP contribution in [0.4, 0.5) is 13.2 Å². The third kappa shape index (κ3) is 3.85. The van der Waals surface area contributed by atoms with E-state index < -0.39 is 11.7 Å². The Morgan fingerprint density at radius 3 is 2.44 bits per heavy atom. The molecule has 0 saturated heterocycles. The van der Waals surface area contributed by atoms with Gasteiger partial charge in [0.25, 0.3) is 0 Å². The van der Waals surface area contributed by atoms with Gasteiger partial charge in [-0.15, -0.1) is 0 Å². The van der Waals surface area contributed by atoms with Crippen LogP contribution in [0.15, 0.2) is 42.5 Å². The molecule has 1 heterocycles. The largest absolute Gasteiger partial charge is 0.416 e. The topological polar surface area (TPSA) is 31.9 Å². The number of imidazole rings is 1. The summed E-state index contributed by atoms with van der Waals surface area (Å²) >= 11 is 0. The number of alkyl halides is 3. The van der Waals surface area contributed by atoms with Gasteiger partial charge in [-0.1, -0.05) is 18.2 Å². The number of aryl methyl sites for hydroxylation is 1. The highest BCUT2D eigenvalue weighted by Crippen LogP contribution is 2.30. The number of rotatable bonds is 4. The van der Waals surface area contributed by atoms with E-state index in [1.54, 1.807) is 0 Å². The van der Waals surface area contributed by atoms with Crippen molar-refractivity contribution in [3.63, 3.8) is 0 Å². The van der Waals surface area contributed by atoms with Crippen molar-refractivity contribution in [3.8, 4) is 0 Å². The first-order valence-corrected chi connectivity index (χ1v) is 8.06. The molecule has 6 heteroatoms. The molecule has 3 rings (SSSR count). The molecule has 25 heavy (non-hydrogen) atoms. The Morgan fingerprint density at radius 2 is 1.80 bits per heavy atom. The number of fused-ring (bicyclic) bond motifs is 1. The highest BCUT2D eigenvalue weighted by atomic mass is 19.4. The molecule has 0 spiro atoms. The van der Waals surface area contributed by atoms with E-state index in [9.17, 15) is 13.2 Å². The lowest BCUT2D eigenvalue weighted by molar-refractivity contribution is -0.137. The summed E-state index contributed by atoms with van der Waals surface area (Å²) in [7, 11) is 1.96. The molecule has 1 unspecified atom stereocenters. The summed E-state index contributed by atoms with van der Waals surface area (Å²) in [6, 6.07) is 11.6. The second-order valence-corrected chi connectivity index (χ2v) is 6.38. The van der Waals surface area contributed by atoms with E-state index in [-0.39, 0.29) is 6.04 Å². The third-order valence-corrected chi connectivity index (χ3v) is 4.48. The van der Waals surface area contributed by atoms with E-state index in [2.05, 4.69) is 21.8 Å². The lowest BCUT2D eigenvalue weighted by Crippen LogP contribution is -2.22. The van der Waals surface area contributed by atoms with Gasteiger partial charge in [0.2, 0.25) is 0 Å². The van der Waals surface area contributed by atoms with Crippen molar-refractivity contribution in [2.24, 2.45) is 0 Å². The summed E-state index contributed by atoms with van der Waals surface area (Å²) in [6.07, 6.45) is -4.30. The Labute approximate surface area is 144 Å². The van der Waals surface area contributed by atoms with Crippen LogP contribution in [0.25, 0.3) is 11.0 Å². The molecule has 0 radical (unpaired) electrons. The van der Waals surface area contributed by atoms with Crippen LogP contribution in [-0.2, 0) is 12.7 Å². The fourth-order valence-corrected chi connectivity index (χ4v) is 2.89. The first-order chi connectivity index (χ1) is 11.7. The Kier molecular flexibility index (Phi) is 4.56. The monoisotopic (exact) mass is 347 g/mol. The summed E-state index contributed by atoms with van der Waals surface area (Å²) in [4.78, 5) is 9.75. The highest BCUT2D eigenvalue weighted by Gasteiger charge is 2.30. The van der Waals surface area contributed by atoms with Crippen LogP contribution in [-0.4, -0.2) is 21.9 Å². The lowest BCUT2D eigenvalue weighted by atomic mass is 10.1. The van der Waals surface area contributed by atoms with Crippen molar-refractivity contribution in [1.82, 2.24) is 14.9 Å². The van der Waals surface area contributed by atoms with Crippen LogP contribution < -0.4 is 0 Å². The second-order valence-electron chi connectivity index (χ2n) is 6.38. The Balaban J connectivity index is 1.73. The minimum atomic E-state index is -4.30. The molecule has 0 saturated carbocycles. The Morgan fingerprint density at radius 1 is 1.12 bits per heavy atom. The standard InChI is InChI=1S/C19H20F3N3/c1-12(15-6-9-17-18(10-15)24-13(2)23-17)25(3)11-14-4-7-16(8-5-14)19(20,21)22/h4-10,12H,11H2,1-3H3,(H,23,24). The quantitative estimate of drug-likeness (QED) is 0.713. The zero-order valence-electron chi connectivity index (χ0n) is 14.4. The molecule has 1 N–H and O–H groups in total. The van der Waals surface area contributed by atoms with Crippen LogP contribution >= 0.6 is 0 Å². The summed E-state index contributed by atoms with van der Waals surface area (Å²) in [5.41, 5.74) is 3.27. The van der Waals surface area contributed by atoms with Gasteiger partial charge in [-0.2, -0.15) is 13.2 Å². The molecular weight excluding hydrogens is 327 g/mol. The van der Waals surface area contributed by atoms with Crippen LogP contribution in [0, 0.1) is 6.92 Å². The van der Waals surface area contributed by atoms with Crippen molar-refractivity contribution in [2.75, 3.05) is 7.05 Å². The predicted octanol–water partition coefficient (Wildman–Crippen LogP) is 5.08. The average Bonchev–Trinajstić information content (AvgIpc) is 2.92. The molecule has 0 aliphatic heterocycles. The first kappa shape index (κ1) is 17.5. The minimum Gasteiger partial charge on any atom is -0.342 e. The molecule has 0 aliphatic rings. The molecule has 1 aromatic heterocycles. The zero-order valence-corrected chi connectivity index (χ0v) is 14.4. The Bertz CT molecular complexity index is 866. The van der Waals surface area contributed by atoms with Crippen molar-refractivity contribution in [1.29, 1.82) is 0 Å². The van der Waals surface area contributed by atoms with Crippen LogP contribution in [0.5, 0.6) is 0 Å². The maximum atomic E-state index is 12.6. The number of aromatic amines is 1. The predicted molar refractivity (Wildman–Crippen MR) is 92.2 cm³/mol. The molecule has 0 amide bonds. The number of H-pyrrole nitrogens is 1. The minimum absolute atomic E-state index is 0.115. The summed E-state index contributed by atoms with van der Waals surface area (Å²) < 4.78 is 37.9. The molecular formula is C19H20F3N3. The van der Waals surface area contributed by atoms with Gasteiger partial charge in [-0.3, -0.25) is 4.90 Å². The fraction of sp³-hybridized carbons (Fsp3) is 0.316. The smallest absolute Gasteiger partial charge is 0.342 e. The highest BCUT2D eigenvalue weighted by molar-refractivity contribution is 5.75. The van der Waals surface area contributed by atoms with E-state index in [0.717, 1.165) is 40.1 Å². The van der Waals surface area contributed by atoms with E-state index in [4.69, 9.17) is 0 Å². The number of aromatic nitrogens is 2. The van der Waals surface area contributed by atoms with Crippen LogP contribution in [0.3, 0.4) is 0 Å². The van der Waals surface area contributed by atoms with Gasteiger partial charge in [-0.25, -0.2) is 4.98 Å². The number of hydrogen-bond acceptors (Lipinski definition) is 2. The maximum absolute atomic E-state index is 12.6. The zero-order chi connectivity index (χ0) is 18.2. The SMILES string of the molecule is Cc1nc2cc(C(C)N(C)Cc3ccc(C(F)(F)F)cc3)ccc2[nH]1. The van der Waals surface area contributed by atoms with Crippen LogP contribution in [0.1, 0.15) is 35.5 Å². The summed E-state index contributed by atoms with van der Waals surface area (Å²) in [6.45, 7) is 4.56. The van der Waals surface area contributed by atoms with Crippen molar-refractivity contribution in [3.05, 3.63) is 65.0 Å². The third-order valence-electron chi connectivity index (χ3n) is 4.48. The van der Waals surface area contributed by atoms with Gasteiger partial charge in [-0.05, 0) is 56.3 Å². The molecule has 0 fully saturated rings. The van der Waals surface area contributed by atoms with E-state index in [1.807, 2.05) is 32.2 Å². The van der Waals surface area contributed by atoms with E-state index >= 15 is 0 Å². The maximum Gasteiger partial charge on any atom is 0.416 e. The number of nitrogens with zero attached hydrogens (tertiary/aromatic N) is 2. The Hall–Kier alpha value is -2.34. The first-order valence-electron chi connectivity index (χ1n) is 8.06. The number of hydrogen-bond donors (Lipinski definition) is 1. The second kappa shape index (κ2) is 6.52. The molecule has 3 aromatic rings. The van der Waals surface area contributed by atoms with Gasteiger partial charge in [0, 0.05) is 12.6 Å². The lowest BCUT2D eigenvalue weighted by Gasteiger charge is -2.25. The van der Waals surface area contributed by atoms with E-state index in [0.29, 0.717) is 6.54 Å². The van der Waals surface area contributed by atoms with Gasteiger partial charge < -0.3 is 4.98 Å². The van der Waals surface area contributed by atoms with Crippen molar-refractivity contribution < 1.29 is 13.2 Å². The molecule has 132 valence electrons. The van der Waals surface area contributed by atoms with Gasteiger partial charge in [0.05, 0.1) is 16.6 Å². The van der Waals surface area contributed by atoms with Crippen molar-refractivity contribution >= 4 is 11.0 Å². The number of nitrogens with one attached hydrogen (secondary N) is 1. The van der Waals surface area contributed by atoms with Gasteiger partial charge >= 0.3 is 6.18 Å². The summed E-state index contributed by atoms with van der Waals surface area (Å²) in [5.74, 6) is 0.873. The summed E-state index contributed by atoms with van der Waals surface area (Å²) in [5, 5.41) is 0. The molecule has 2 aromatic carbocycles. The van der Waals surface area contributed by atoms with Gasteiger partial charge in [0.1, 0.15) is 5.82 Å². The fourth-order valence-electron chi connectivity index (χ4n) is 2.89.